The van der Waals surface area contributed by atoms with Crippen LogP contribution < -0.4 is 20.1 Å². The molecule has 4 aromatic rings. The number of halogens is 3. The molecule has 3 saturated carbocycles. The minimum Gasteiger partial charge on any atom is -0.470 e. The summed E-state index contributed by atoms with van der Waals surface area (Å²) in [6.45, 7) is -0.188. The Morgan fingerprint density at radius 3 is 2.41 bits per heavy atom. The van der Waals surface area contributed by atoms with Gasteiger partial charge in [0.1, 0.15) is 40.9 Å². The van der Waals surface area contributed by atoms with Gasteiger partial charge in [-0.2, -0.15) is 18.2 Å². The summed E-state index contributed by atoms with van der Waals surface area (Å²) in [5.41, 5.74) is -1.32. The Morgan fingerprint density at radius 1 is 0.921 bits per heavy atom. The molecule has 0 spiro atoms. The summed E-state index contributed by atoms with van der Waals surface area (Å²) in [7, 11) is -3.97. The zero-order chi connectivity index (χ0) is 44.1. The molecule has 334 valence electrons. The largest absolute Gasteiger partial charge is 0.470 e. The zero-order valence-corrected chi connectivity index (χ0v) is 35.0. The standard InChI is InChI=1S/C44H47F3N6O9S/c45-44(46,47)26-18-16-25(17-19-26)37-49-35-31-13-8-9-15-34(31)62-36(35)39(50-37)60-29-22-33-38(54)51-43(41(56)52-63(58,59)30-20-21-30)23-27(43)10-4-2-1-3-5-14-32(40(55)53(33)24-29)48-42(57)61-28-11-6-7-12-28/h4,8-10,13,15-19,27-30,32-33H,1-3,5-7,11-12,14,20-24H2,(H,48,57)(H,51,54)(H,52,56)/b10-4+. The lowest BCUT2D eigenvalue weighted by atomic mass is 10.0. The van der Waals surface area contributed by atoms with Crippen LogP contribution in [0.1, 0.15) is 89.0 Å². The zero-order valence-electron chi connectivity index (χ0n) is 34.2. The predicted octanol–water partition coefficient (Wildman–Crippen LogP) is 6.45. The molecule has 2 aliphatic heterocycles. The van der Waals surface area contributed by atoms with Crippen molar-refractivity contribution < 1.29 is 54.7 Å². The van der Waals surface area contributed by atoms with Crippen LogP contribution in [-0.4, -0.2) is 88.7 Å². The molecule has 9 rings (SSSR count). The van der Waals surface area contributed by atoms with Gasteiger partial charge < -0.3 is 29.4 Å². The summed E-state index contributed by atoms with van der Waals surface area (Å²) in [5.74, 6) is -2.73. The third-order valence-corrected chi connectivity index (χ3v) is 14.5. The number of alkyl carbamates (subject to hydrolysis) is 1. The van der Waals surface area contributed by atoms with Crippen LogP contribution in [0.3, 0.4) is 0 Å². The normalized spacial score (nSPS) is 26.6. The summed E-state index contributed by atoms with van der Waals surface area (Å²) in [6.07, 6.45) is 4.23. The maximum Gasteiger partial charge on any atom is 0.416 e. The summed E-state index contributed by atoms with van der Waals surface area (Å²) >= 11 is 0. The van der Waals surface area contributed by atoms with Crippen molar-refractivity contribution in [1.29, 1.82) is 0 Å². The van der Waals surface area contributed by atoms with Crippen molar-refractivity contribution >= 4 is 55.9 Å². The number of carbonyl (C=O) groups excluding carboxylic acids is 4. The number of furan rings is 1. The number of rotatable bonds is 8. The number of aromatic nitrogens is 2. The molecule has 5 atom stereocenters. The average molecular weight is 893 g/mol. The second-order valence-corrected chi connectivity index (χ2v) is 19.2. The van der Waals surface area contributed by atoms with Crippen LogP contribution in [0.4, 0.5) is 18.0 Å². The fraction of sp³-hybridized carbons (Fsp3) is 0.500. The van der Waals surface area contributed by atoms with Crippen LogP contribution in [0.5, 0.6) is 5.88 Å². The molecule has 15 nitrogen and oxygen atoms in total. The van der Waals surface area contributed by atoms with Gasteiger partial charge in [-0.3, -0.25) is 19.1 Å². The number of sulfonamides is 1. The Morgan fingerprint density at radius 2 is 1.67 bits per heavy atom. The van der Waals surface area contributed by atoms with Crippen molar-refractivity contribution in [3.8, 4) is 17.3 Å². The van der Waals surface area contributed by atoms with Gasteiger partial charge in [-0.15, -0.1) is 0 Å². The highest BCUT2D eigenvalue weighted by molar-refractivity contribution is 7.91. The molecular weight excluding hydrogens is 846 g/mol. The molecule has 4 fully saturated rings. The van der Waals surface area contributed by atoms with E-state index < -0.39 is 80.5 Å². The van der Waals surface area contributed by atoms with E-state index in [4.69, 9.17) is 13.9 Å². The number of nitrogens with one attached hydrogen (secondary N) is 3. The van der Waals surface area contributed by atoms with Crippen LogP contribution in [0.15, 0.2) is 65.1 Å². The molecule has 5 aliphatic rings. The quantitative estimate of drug-likeness (QED) is 0.164. The molecular formula is C44H47F3N6O9S. The van der Waals surface area contributed by atoms with E-state index in [0.29, 0.717) is 61.4 Å². The first-order chi connectivity index (χ1) is 30.2. The van der Waals surface area contributed by atoms with Crippen molar-refractivity contribution in [3.63, 3.8) is 0 Å². The Labute approximate surface area is 360 Å². The number of fused-ring (bicyclic) bond motifs is 5. The van der Waals surface area contributed by atoms with Crippen LogP contribution in [-0.2, 0) is 35.3 Å². The molecule has 2 aromatic carbocycles. The van der Waals surface area contributed by atoms with Gasteiger partial charge in [0, 0.05) is 23.3 Å². The lowest BCUT2D eigenvalue weighted by molar-refractivity contribution is -0.141. The highest BCUT2D eigenvalue weighted by Crippen LogP contribution is 2.46. The van der Waals surface area contributed by atoms with E-state index in [2.05, 4.69) is 25.3 Å². The Bertz CT molecular complexity index is 2570. The van der Waals surface area contributed by atoms with Crippen LogP contribution in [0.25, 0.3) is 33.5 Å². The molecule has 63 heavy (non-hydrogen) atoms. The summed E-state index contributed by atoms with van der Waals surface area (Å²) < 4.78 is 86.9. The predicted molar refractivity (Wildman–Crippen MR) is 221 cm³/mol. The van der Waals surface area contributed by atoms with Gasteiger partial charge in [0.25, 0.3) is 11.8 Å². The minimum absolute atomic E-state index is 0.0337. The van der Waals surface area contributed by atoms with Crippen molar-refractivity contribution in [2.24, 2.45) is 5.92 Å². The first-order valence-electron chi connectivity index (χ1n) is 21.5. The Hall–Kier alpha value is -5.72. The van der Waals surface area contributed by atoms with Crippen molar-refractivity contribution in [3.05, 3.63) is 66.2 Å². The van der Waals surface area contributed by atoms with Crippen LogP contribution >= 0.6 is 0 Å². The van der Waals surface area contributed by atoms with Crippen molar-refractivity contribution in [2.75, 3.05) is 6.54 Å². The Balaban J connectivity index is 1.05. The lowest BCUT2D eigenvalue weighted by Crippen LogP contribution is -2.58. The van der Waals surface area contributed by atoms with E-state index in [9.17, 15) is 40.8 Å². The number of alkyl halides is 3. The fourth-order valence-corrected chi connectivity index (χ4v) is 10.3. The van der Waals surface area contributed by atoms with Gasteiger partial charge in [0.2, 0.25) is 27.4 Å². The molecule has 2 aromatic heterocycles. The number of hydrogen-bond acceptors (Lipinski definition) is 11. The molecule has 0 bridgehead atoms. The number of benzene rings is 2. The first-order valence-corrected chi connectivity index (χ1v) is 23.1. The van der Waals surface area contributed by atoms with Crippen LogP contribution in [0, 0.1) is 5.92 Å². The maximum atomic E-state index is 14.7. The third-order valence-electron chi connectivity index (χ3n) is 12.6. The van der Waals surface area contributed by atoms with Crippen LogP contribution in [0.2, 0.25) is 0 Å². The fourth-order valence-electron chi connectivity index (χ4n) is 8.92. The summed E-state index contributed by atoms with van der Waals surface area (Å²) in [4.78, 5) is 67.0. The van der Waals surface area contributed by atoms with Gasteiger partial charge in [0.15, 0.2) is 5.82 Å². The van der Waals surface area contributed by atoms with Crippen molar-refractivity contribution in [2.45, 2.75) is 125 Å². The smallest absolute Gasteiger partial charge is 0.416 e. The third kappa shape index (κ3) is 8.93. The van der Waals surface area contributed by atoms with Gasteiger partial charge in [0.05, 0.1) is 17.4 Å². The second-order valence-electron chi connectivity index (χ2n) is 17.2. The van der Waals surface area contributed by atoms with E-state index in [0.717, 1.165) is 31.4 Å². The molecule has 3 N–H and O–H groups in total. The number of para-hydroxylation sites is 1. The monoisotopic (exact) mass is 892 g/mol. The number of ether oxygens (including phenoxy) is 2. The molecule has 19 heteroatoms. The topological polar surface area (TPSA) is 199 Å². The van der Waals surface area contributed by atoms with Gasteiger partial charge in [-0.25, -0.2) is 18.2 Å². The lowest BCUT2D eigenvalue weighted by Gasteiger charge is -2.30. The average Bonchev–Trinajstić information content (AvgIpc) is 4.06. The van der Waals surface area contributed by atoms with Gasteiger partial charge in [-0.05, 0) is 88.5 Å². The minimum atomic E-state index is -4.57. The highest BCUT2D eigenvalue weighted by atomic mass is 32.2. The number of nitrogens with zero attached hydrogens (tertiary/aromatic N) is 3. The van der Waals surface area contributed by atoms with E-state index in [1.807, 2.05) is 12.2 Å². The van der Waals surface area contributed by atoms with E-state index in [-0.39, 0.29) is 54.8 Å². The Kier molecular flexibility index (Phi) is 11.3. The van der Waals surface area contributed by atoms with Crippen molar-refractivity contribution in [1.82, 2.24) is 30.2 Å². The molecule has 1 saturated heterocycles. The SMILES string of the molecule is O=C(NC1CCCCC/C=C/C2CC2(C(=O)NS(=O)(=O)C2CC2)NC(=O)C2CC(Oc3nc(-c4ccc(C(F)(F)F)cc4)nc4c3oc3ccccc34)CN2C1=O)OC1CCCC1. The number of carbonyl (C=O) groups is 4. The van der Waals surface area contributed by atoms with Gasteiger partial charge in [-0.1, -0.05) is 49.3 Å². The second kappa shape index (κ2) is 16.8. The highest BCUT2D eigenvalue weighted by Gasteiger charge is 2.62. The summed E-state index contributed by atoms with van der Waals surface area (Å²) in [6, 6.07) is 8.99. The van der Waals surface area contributed by atoms with E-state index in [1.54, 1.807) is 24.3 Å². The molecule has 3 aliphatic carbocycles. The first kappa shape index (κ1) is 42.6. The maximum absolute atomic E-state index is 14.7. The van der Waals surface area contributed by atoms with Gasteiger partial charge >= 0.3 is 12.3 Å². The number of hydrogen-bond donors (Lipinski definition) is 3. The molecule has 4 amide bonds. The number of amides is 4. The number of allylic oxidation sites excluding steroid dienone is 1. The molecule has 5 unspecified atom stereocenters. The summed E-state index contributed by atoms with van der Waals surface area (Å²) in [5, 5.41) is 5.50. The van der Waals surface area contributed by atoms with E-state index >= 15 is 0 Å². The molecule has 4 heterocycles. The van der Waals surface area contributed by atoms with E-state index in [1.165, 1.54) is 17.0 Å². The molecule has 0 radical (unpaired) electrons.